The number of ether oxygens (including phenoxy) is 1. The molecule has 9 nitrogen and oxygen atoms in total. The second-order valence-corrected chi connectivity index (χ2v) is 4.51. The summed E-state index contributed by atoms with van der Waals surface area (Å²) >= 11 is 0. The summed E-state index contributed by atoms with van der Waals surface area (Å²) in [6, 6.07) is 4.21. The number of nitro groups is 1. The van der Waals surface area contributed by atoms with Crippen LogP contribution in [0.3, 0.4) is 0 Å². The Morgan fingerprint density at radius 3 is 2.50 bits per heavy atom. The number of carboxylic acid groups (broad SMARTS) is 1. The highest BCUT2D eigenvalue weighted by Gasteiger charge is 2.11. The van der Waals surface area contributed by atoms with Gasteiger partial charge in [-0.1, -0.05) is 0 Å². The number of carbonyl (C=O) groups excluding carboxylic acids is 1. The van der Waals surface area contributed by atoms with Crippen molar-refractivity contribution in [2.45, 2.75) is 25.3 Å². The smallest absolute Gasteiger partial charge is 0.412 e. The van der Waals surface area contributed by atoms with Crippen molar-refractivity contribution in [1.29, 1.82) is 0 Å². The average Bonchev–Trinajstić information content (AvgIpc) is 2.47. The number of nitro benzene ring substituents is 1. The number of benzene rings is 1. The van der Waals surface area contributed by atoms with Crippen molar-refractivity contribution in [3.8, 4) is 5.75 Å². The molecule has 1 rings (SSSR count). The van der Waals surface area contributed by atoms with E-state index in [1.807, 2.05) is 0 Å². The first-order valence-corrected chi connectivity index (χ1v) is 6.58. The van der Waals surface area contributed by atoms with E-state index in [9.17, 15) is 19.7 Å². The molecule has 9 heteroatoms. The molecule has 22 heavy (non-hydrogen) atoms. The van der Waals surface area contributed by atoms with Gasteiger partial charge < -0.3 is 20.9 Å². The van der Waals surface area contributed by atoms with E-state index in [0.29, 0.717) is 25.8 Å². The van der Waals surface area contributed by atoms with E-state index < -0.39 is 23.0 Å². The van der Waals surface area contributed by atoms with Crippen LogP contribution in [0.1, 0.15) is 19.3 Å². The lowest BCUT2D eigenvalue weighted by Gasteiger charge is -2.08. The van der Waals surface area contributed by atoms with Crippen molar-refractivity contribution in [2.24, 2.45) is 5.73 Å². The number of unbranched alkanes of at least 4 members (excludes halogenated alkanes) is 1. The van der Waals surface area contributed by atoms with E-state index in [2.05, 4.69) is 5.32 Å². The van der Waals surface area contributed by atoms with Gasteiger partial charge in [0.2, 0.25) is 0 Å². The summed E-state index contributed by atoms with van der Waals surface area (Å²) < 4.78 is 4.92. The molecular formula is C13H17N3O6. The molecule has 0 bridgehead atoms. The predicted molar refractivity (Wildman–Crippen MR) is 76.6 cm³/mol. The zero-order chi connectivity index (χ0) is 16.5. The number of non-ortho nitro benzene ring substituents is 1. The predicted octanol–water partition coefficient (Wildman–Crippen LogP) is 1.27. The summed E-state index contributed by atoms with van der Waals surface area (Å²) in [6.45, 7) is 0.318. The summed E-state index contributed by atoms with van der Waals surface area (Å²) in [7, 11) is 0. The van der Waals surface area contributed by atoms with Crippen LogP contribution in [-0.4, -0.2) is 34.7 Å². The monoisotopic (exact) mass is 311 g/mol. The van der Waals surface area contributed by atoms with Gasteiger partial charge in [0.05, 0.1) is 4.92 Å². The third-order valence-corrected chi connectivity index (χ3v) is 2.79. The van der Waals surface area contributed by atoms with Gasteiger partial charge in [-0.3, -0.25) is 14.9 Å². The Morgan fingerprint density at radius 1 is 1.32 bits per heavy atom. The fraction of sp³-hybridized carbons (Fsp3) is 0.385. The molecule has 0 radical (unpaired) electrons. The number of rotatable bonds is 8. The highest BCUT2D eigenvalue weighted by atomic mass is 16.6. The van der Waals surface area contributed by atoms with Crippen molar-refractivity contribution in [1.82, 2.24) is 5.32 Å². The fourth-order valence-corrected chi connectivity index (χ4v) is 1.58. The molecule has 0 spiro atoms. The number of aliphatic carboxylic acids is 1. The number of carboxylic acids is 1. The molecule has 1 amide bonds. The van der Waals surface area contributed by atoms with Crippen molar-refractivity contribution < 1.29 is 24.4 Å². The third kappa shape index (κ3) is 6.18. The minimum Gasteiger partial charge on any atom is -0.480 e. The van der Waals surface area contributed by atoms with E-state index in [-0.39, 0.29) is 11.4 Å². The first-order chi connectivity index (χ1) is 10.4. The molecule has 1 aromatic carbocycles. The fourth-order valence-electron chi connectivity index (χ4n) is 1.58. The Morgan fingerprint density at radius 2 is 1.95 bits per heavy atom. The number of hydrogen-bond acceptors (Lipinski definition) is 6. The summed E-state index contributed by atoms with van der Waals surface area (Å²) in [4.78, 5) is 31.9. The maximum absolute atomic E-state index is 11.5. The number of nitrogens with one attached hydrogen (secondary N) is 1. The van der Waals surface area contributed by atoms with Crippen LogP contribution in [0.4, 0.5) is 10.5 Å². The van der Waals surface area contributed by atoms with Crippen LogP contribution in [0.25, 0.3) is 0 Å². The molecule has 1 atom stereocenters. The quantitative estimate of drug-likeness (QED) is 0.372. The normalized spacial score (nSPS) is 11.5. The van der Waals surface area contributed by atoms with E-state index in [1.165, 1.54) is 24.3 Å². The molecule has 0 heterocycles. The minimum absolute atomic E-state index is 0.0949. The molecular weight excluding hydrogens is 294 g/mol. The lowest BCUT2D eigenvalue weighted by Crippen LogP contribution is -2.31. The van der Waals surface area contributed by atoms with Gasteiger partial charge in [0, 0.05) is 18.7 Å². The third-order valence-electron chi connectivity index (χ3n) is 2.79. The lowest BCUT2D eigenvalue weighted by molar-refractivity contribution is -0.384. The van der Waals surface area contributed by atoms with Gasteiger partial charge in [-0.15, -0.1) is 0 Å². The number of amides is 1. The Balaban J connectivity index is 2.23. The molecule has 0 aliphatic carbocycles. The Bertz CT molecular complexity index is 531. The van der Waals surface area contributed by atoms with Gasteiger partial charge in [0.15, 0.2) is 0 Å². The van der Waals surface area contributed by atoms with Gasteiger partial charge >= 0.3 is 12.1 Å². The molecule has 120 valence electrons. The maximum atomic E-state index is 11.5. The minimum atomic E-state index is -1.05. The molecule has 0 unspecified atom stereocenters. The molecule has 0 aliphatic rings. The van der Waals surface area contributed by atoms with Gasteiger partial charge in [-0.25, -0.2) is 4.79 Å². The van der Waals surface area contributed by atoms with Crippen molar-refractivity contribution in [3.05, 3.63) is 34.4 Å². The summed E-state index contributed by atoms with van der Waals surface area (Å²) in [6.07, 6.45) is 0.770. The molecule has 4 N–H and O–H groups in total. The van der Waals surface area contributed by atoms with Crippen LogP contribution in [0.5, 0.6) is 5.75 Å². The van der Waals surface area contributed by atoms with Gasteiger partial charge in [-0.2, -0.15) is 0 Å². The summed E-state index contributed by atoms with van der Waals surface area (Å²) in [5, 5.41) is 21.5. The van der Waals surface area contributed by atoms with Gasteiger partial charge in [0.25, 0.3) is 5.69 Å². The first kappa shape index (κ1) is 17.4. The summed E-state index contributed by atoms with van der Waals surface area (Å²) in [5.41, 5.74) is 5.24. The topological polar surface area (TPSA) is 145 Å². The maximum Gasteiger partial charge on any atom is 0.412 e. The Labute approximate surface area is 126 Å². The van der Waals surface area contributed by atoms with Crippen LogP contribution < -0.4 is 15.8 Å². The number of nitrogens with two attached hydrogens (primary N) is 1. The number of carbonyl (C=O) groups is 2. The molecule has 0 aliphatic heterocycles. The van der Waals surface area contributed by atoms with Crippen LogP contribution in [0.15, 0.2) is 24.3 Å². The Hall–Kier alpha value is -2.68. The standard InChI is InChI=1S/C13H17N3O6/c14-11(12(17)18)3-1-2-8-15-13(19)22-10-6-4-9(5-7-10)16(20)21/h4-7,11H,1-3,8,14H2,(H,15,19)(H,17,18)/t11-/m0/s1. The largest absolute Gasteiger partial charge is 0.480 e. The second kappa shape index (κ2) is 8.57. The van der Waals surface area contributed by atoms with Crippen LogP contribution in [0.2, 0.25) is 0 Å². The van der Waals surface area contributed by atoms with Crippen molar-refractivity contribution in [3.63, 3.8) is 0 Å². The number of hydrogen-bond donors (Lipinski definition) is 3. The van der Waals surface area contributed by atoms with Gasteiger partial charge in [0.1, 0.15) is 11.8 Å². The zero-order valence-corrected chi connectivity index (χ0v) is 11.7. The zero-order valence-electron chi connectivity index (χ0n) is 11.7. The first-order valence-electron chi connectivity index (χ1n) is 6.58. The number of nitrogens with zero attached hydrogens (tertiary/aromatic N) is 1. The van der Waals surface area contributed by atoms with Crippen molar-refractivity contribution >= 4 is 17.7 Å². The molecule has 1 aromatic rings. The van der Waals surface area contributed by atoms with Crippen LogP contribution in [0, 0.1) is 10.1 Å². The molecule has 0 aromatic heterocycles. The van der Waals surface area contributed by atoms with Crippen LogP contribution in [-0.2, 0) is 4.79 Å². The molecule has 0 fully saturated rings. The van der Waals surface area contributed by atoms with Crippen LogP contribution >= 0.6 is 0 Å². The SMILES string of the molecule is N[C@@H](CCCCNC(=O)Oc1ccc([N+](=O)[O-])cc1)C(=O)O. The Kier molecular flexibility index (Phi) is 6.77. The molecule has 0 saturated heterocycles. The van der Waals surface area contributed by atoms with E-state index >= 15 is 0 Å². The van der Waals surface area contributed by atoms with Crippen molar-refractivity contribution in [2.75, 3.05) is 6.54 Å². The lowest BCUT2D eigenvalue weighted by atomic mass is 10.1. The summed E-state index contributed by atoms with van der Waals surface area (Å²) in [5.74, 6) is -0.860. The highest BCUT2D eigenvalue weighted by molar-refractivity contribution is 5.73. The second-order valence-electron chi connectivity index (χ2n) is 4.51. The van der Waals surface area contributed by atoms with E-state index in [1.54, 1.807) is 0 Å². The van der Waals surface area contributed by atoms with E-state index in [0.717, 1.165) is 0 Å². The van der Waals surface area contributed by atoms with E-state index in [4.69, 9.17) is 15.6 Å². The average molecular weight is 311 g/mol. The van der Waals surface area contributed by atoms with Gasteiger partial charge in [-0.05, 0) is 31.4 Å². The highest BCUT2D eigenvalue weighted by Crippen LogP contribution is 2.17. The molecule has 0 saturated carbocycles.